The van der Waals surface area contributed by atoms with E-state index in [1.807, 2.05) is 37.3 Å². The molecule has 0 spiro atoms. The molecule has 2 N–H and O–H groups in total. The van der Waals surface area contributed by atoms with Crippen LogP contribution in [0, 0.1) is 6.92 Å². The zero-order chi connectivity index (χ0) is 13.1. The third kappa shape index (κ3) is 2.46. The van der Waals surface area contributed by atoms with Crippen LogP contribution in [0.3, 0.4) is 0 Å². The van der Waals surface area contributed by atoms with Crippen molar-refractivity contribution in [2.24, 2.45) is 5.73 Å². The quantitative estimate of drug-likeness (QED) is 0.853. The van der Waals surface area contributed by atoms with E-state index < -0.39 is 0 Å². The van der Waals surface area contributed by atoms with Crippen LogP contribution in [-0.2, 0) is 6.54 Å². The Morgan fingerprint density at radius 1 is 1.28 bits per heavy atom. The van der Waals surface area contributed by atoms with Gasteiger partial charge in [0.15, 0.2) is 0 Å². The molecular formula is C15H14ClNS. The van der Waals surface area contributed by atoms with Crippen LogP contribution < -0.4 is 5.73 Å². The fourth-order valence-corrected chi connectivity index (χ4v) is 2.70. The Hall–Kier alpha value is -1.22. The number of rotatable bonds is 3. The van der Waals surface area contributed by atoms with Crippen LogP contribution in [0.4, 0.5) is 0 Å². The molecule has 0 saturated carbocycles. The molecule has 0 radical (unpaired) electrons. The maximum atomic E-state index is 6.37. The summed E-state index contributed by atoms with van der Waals surface area (Å²) in [5.41, 5.74) is 11.0. The molecule has 0 heterocycles. The molecule has 0 aliphatic carbocycles. The minimum atomic E-state index is 0.461. The highest BCUT2D eigenvalue weighted by atomic mass is 35.5. The molecular weight excluding hydrogens is 262 g/mol. The molecule has 2 rings (SSSR count). The molecule has 0 fully saturated rings. The van der Waals surface area contributed by atoms with E-state index in [4.69, 9.17) is 29.6 Å². The van der Waals surface area contributed by atoms with Crippen molar-refractivity contribution in [1.29, 1.82) is 0 Å². The van der Waals surface area contributed by atoms with Gasteiger partial charge >= 0.3 is 0 Å². The Morgan fingerprint density at radius 3 is 2.67 bits per heavy atom. The Bertz CT molecular complexity index is 593. The van der Waals surface area contributed by atoms with Crippen LogP contribution in [0.5, 0.6) is 0 Å². The van der Waals surface area contributed by atoms with Crippen LogP contribution >= 0.6 is 23.8 Å². The van der Waals surface area contributed by atoms with Gasteiger partial charge in [0.25, 0.3) is 0 Å². The first-order chi connectivity index (χ1) is 8.67. The molecule has 92 valence electrons. The van der Waals surface area contributed by atoms with E-state index in [1.165, 1.54) is 0 Å². The van der Waals surface area contributed by atoms with Crippen molar-refractivity contribution in [3.63, 3.8) is 0 Å². The first-order valence-electron chi connectivity index (χ1n) is 5.71. The number of hydrogen-bond donors (Lipinski definition) is 1. The summed E-state index contributed by atoms with van der Waals surface area (Å²) in [5.74, 6) is 0. The minimum Gasteiger partial charge on any atom is -0.326 e. The first-order valence-corrected chi connectivity index (χ1v) is 6.56. The van der Waals surface area contributed by atoms with E-state index >= 15 is 0 Å². The van der Waals surface area contributed by atoms with Crippen molar-refractivity contribution in [3.05, 3.63) is 58.1 Å². The van der Waals surface area contributed by atoms with Gasteiger partial charge in [-0.3, -0.25) is 0 Å². The van der Waals surface area contributed by atoms with Crippen LogP contribution in [-0.4, -0.2) is 5.37 Å². The highest BCUT2D eigenvalue weighted by Crippen LogP contribution is 2.34. The molecule has 3 heteroatoms. The lowest BCUT2D eigenvalue weighted by molar-refractivity contribution is 1.07. The number of thiocarbonyl (C=S) groups is 1. The molecule has 2 aromatic carbocycles. The number of benzene rings is 2. The topological polar surface area (TPSA) is 26.0 Å². The van der Waals surface area contributed by atoms with Gasteiger partial charge in [-0.1, -0.05) is 54.2 Å². The lowest BCUT2D eigenvalue weighted by Crippen LogP contribution is -2.01. The minimum absolute atomic E-state index is 0.461. The average molecular weight is 276 g/mol. The predicted molar refractivity (Wildman–Crippen MR) is 82.3 cm³/mol. The van der Waals surface area contributed by atoms with Gasteiger partial charge in [-0.15, -0.1) is 0 Å². The SMILES string of the molecule is Cc1cc(Cl)c(-c2ccccc2C=S)c(CN)c1. The highest BCUT2D eigenvalue weighted by molar-refractivity contribution is 7.79. The van der Waals surface area contributed by atoms with Gasteiger partial charge in [0.05, 0.1) is 0 Å². The average Bonchev–Trinajstić information content (AvgIpc) is 2.38. The number of aryl methyl sites for hydroxylation is 1. The smallest absolute Gasteiger partial charge is 0.0490 e. The highest BCUT2D eigenvalue weighted by Gasteiger charge is 2.12. The van der Waals surface area contributed by atoms with Gasteiger partial charge in [-0.25, -0.2) is 0 Å². The maximum absolute atomic E-state index is 6.37. The molecule has 2 aromatic rings. The molecule has 0 aromatic heterocycles. The zero-order valence-corrected chi connectivity index (χ0v) is 11.7. The van der Waals surface area contributed by atoms with E-state index in [-0.39, 0.29) is 0 Å². The standard InChI is InChI=1S/C15H14ClNS/c1-10-6-12(8-17)15(14(16)7-10)13-5-3-2-4-11(13)9-18/h2-7,9H,8,17H2,1H3. The summed E-state index contributed by atoms with van der Waals surface area (Å²) in [5, 5.41) is 2.39. The van der Waals surface area contributed by atoms with Gasteiger partial charge in [0.1, 0.15) is 0 Å². The Kier molecular flexibility index (Phi) is 4.12. The summed E-state index contributed by atoms with van der Waals surface area (Å²) in [6.45, 7) is 2.47. The van der Waals surface area contributed by atoms with Gasteiger partial charge in [0, 0.05) is 22.5 Å². The molecule has 18 heavy (non-hydrogen) atoms. The number of halogens is 1. The van der Waals surface area contributed by atoms with Gasteiger partial charge in [-0.2, -0.15) is 0 Å². The normalized spacial score (nSPS) is 10.4. The largest absolute Gasteiger partial charge is 0.326 e. The first kappa shape index (κ1) is 13.2. The molecule has 0 unspecified atom stereocenters. The van der Waals surface area contributed by atoms with Crippen molar-refractivity contribution in [2.45, 2.75) is 13.5 Å². The van der Waals surface area contributed by atoms with Crippen LogP contribution in [0.25, 0.3) is 11.1 Å². The Balaban J connectivity index is 2.74. The number of hydrogen-bond acceptors (Lipinski definition) is 2. The molecule has 0 amide bonds. The fraction of sp³-hybridized carbons (Fsp3) is 0.133. The summed E-state index contributed by atoms with van der Waals surface area (Å²) in [4.78, 5) is 0. The Labute approximate surface area is 118 Å². The third-order valence-electron chi connectivity index (χ3n) is 2.89. The Morgan fingerprint density at radius 2 is 2.00 bits per heavy atom. The van der Waals surface area contributed by atoms with Crippen LogP contribution in [0.1, 0.15) is 16.7 Å². The second-order valence-corrected chi connectivity index (χ2v) is 4.83. The van der Waals surface area contributed by atoms with Crippen LogP contribution in [0.2, 0.25) is 5.02 Å². The van der Waals surface area contributed by atoms with Gasteiger partial charge in [0.2, 0.25) is 0 Å². The van der Waals surface area contributed by atoms with Gasteiger partial charge in [-0.05, 0) is 35.2 Å². The van der Waals surface area contributed by atoms with Crippen molar-refractivity contribution in [2.75, 3.05) is 0 Å². The molecule has 1 nitrogen and oxygen atoms in total. The van der Waals surface area contributed by atoms with Crippen molar-refractivity contribution in [1.82, 2.24) is 0 Å². The monoisotopic (exact) mass is 275 g/mol. The summed E-state index contributed by atoms with van der Waals surface area (Å²) in [6.07, 6.45) is 0. The van der Waals surface area contributed by atoms with Gasteiger partial charge < -0.3 is 5.73 Å². The lowest BCUT2D eigenvalue weighted by atomic mass is 9.94. The van der Waals surface area contributed by atoms with E-state index in [1.54, 1.807) is 5.37 Å². The van der Waals surface area contributed by atoms with E-state index in [0.29, 0.717) is 6.54 Å². The number of nitrogens with two attached hydrogens (primary N) is 1. The van der Waals surface area contributed by atoms with E-state index in [0.717, 1.165) is 32.8 Å². The molecule has 0 atom stereocenters. The summed E-state index contributed by atoms with van der Waals surface area (Å²) in [7, 11) is 0. The van der Waals surface area contributed by atoms with Crippen molar-refractivity contribution >= 4 is 29.2 Å². The lowest BCUT2D eigenvalue weighted by Gasteiger charge is -2.14. The predicted octanol–water partition coefficient (Wildman–Crippen LogP) is 4.12. The van der Waals surface area contributed by atoms with E-state index in [9.17, 15) is 0 Å². The van der Waals surface area contributed by atoms with E-state index in [2.05, 4.69) is 6.07 Å². The van der Waals surface area contributed by atoms with Crippen LogP contribution in [0.15, 0.2) is 36.4 Å². The molecule has 0 saturated heterocycles. The second-order valence-electron chi connectivity index (χ2n) is 4.19. The summed E-state index contributed by atoms with van der Waals surface area (Å²) < 4.78 is 0. The molecule has 0 bridgehead atoms. The fourth-order valence-electron chi connectivity index (χ4n) is 2.10. The zero-order valence-electron chi connectivity index (χ0n) is 10.1. The summed E-state index contributed by atoms with van der Waals surface area (Å²) in [6, 6.07) is 12.0. The second kappa shape index (κ2) is 5.61. The molecule has 0 aliphatic rings. The van der Waals surface area contributed by atoms with Crippen molar-refractivity contribution < 1.29 is 0 Å². The molecule has 0 aliphatic heterocycles. The maximum Gasteiger partial charge on any atom is 0.0490 e. The third-order valence-corrected chi connectivity index (χ3v) is 3.45. The summed E-state index contributed by atoms with van der Waals surface area (Å²) >= 11 is 11.4. The van der Waals surface area contributed by atoms with Crippen molar-refractivity contribution in [3.8, 4) is 11.1 Å².